The predicted octanol–water partition coefficient (Wildman–Crippen LogP) is 8.25. The molecule has 0 saturated heterocycles. The van der Waals surface area contributed by atoms with Gasteiger partial charge in [-0.25, -0.2) is 0 Å². The van der Waals surface area contributed by atoms with Crippen LogP contribution in [-0.4, -0.2) is 42.3 Å². The first kappa shape index (κ1) is 33.4. The second-order valence-corrected chi connectivity index (χ2v) is 19.2. The van der Waals surface area contributed by atoms with Crippen molar-refractivity contribution in [2.24, 2.45) is 47.3 Å². The van der Waals surface area contributed by atoms with Crippen LogP contribution in [0, 0.1) is 47.3 Å². The van der Waals surface area contributed by atoms with Gasteiger partial charge in [-0.3, -0.25) is 0 Å². The maximum atomic E-state index is 5.45. The smallest absolute Gasteiger partial charge is 0.0918 e. The molecule has 4 saturated carbocycles. The van der Waals surface area contributed by atoms with E-state index in [1.165, 1.54) is 46.1 Å². The standard InChI is InChI=1S/2C10H14.C7H16OS6.2CH4/c2*1-2-9-7-4-5-8(6-7)10(9)3-1;1-10-4-6-14(13-12-9)5-3-8-7-11-2;;/h2*1-2,7-10H,3-6H2;3-7H2,1-2H3;2*1H4. The van der Waals surface area contributed by atoms with Gasteiger partial charge in [-0.05, 0) is 140 Å². The highest BCUT2D eigenvalue weighted by Crippen LogP contribution is 2.57. The number of rotatable bonds is 8. The molecule has 0 radical (unpaired) electrons. The molecule has 4 fully saturated rings. The van der Waals surface area contributed by atoms with Crippen LogP contribution in [0.5, 0.6) is 0 Å². The minimum absolute atomic E-state index is 0. The van der Waals surface area contributed by atoms with Gasteiger partial charge < -0.3 is 4.74 Å². The Morgan fingerprint density at radius 2 is 1.36 bits per heavy atom. The minimum atomic E-state index is 0. The first-order chi connectivity index (χ1) is 16.7. The van der Waals surface area contributed by atoms with Crippen molar-refractivity contribution in [2.45, 2.75) is 66.2 Å². The molecule has 0 aliphatic heterocycles. The summed E-state index contributed by atoms with van der Waals surface area (Å²) in [5, 5.41) is 0. The van der Waals surface area contributed by atoms with E-state index in [1.54, 1.807) is 37.4 Å². The lowest BCUT2D eigenvalue weighted by atomic mass is 9.82. The second kappa shape index (κ2) is 17.8. The zero-order valence-electron chi connectivity index (χ0n) is 21.0. The summed E-state index contributed by atoms with van der Waals surface area (Å²) in [4.78, 5) is 0. The lowest BCUT2D eigenvalue weighted by Crippen LogP contribution is -2.16. The number of fused-ring (bicyclic) bond motifs is 10. The molecule has 0 amide bonds. The van der Waals surface area contributed by atoms with E-state index in [0.29, 0.717) is 9.45 Å². The van der Waals surface area contributed by atoms with E-state index in [0.717, 1.165) is 65.6 Å². The summed E-state index contributed by atoms with van der Waals surface area (Å²) in [6.45, 7) is 0.876. The number of hydrogen-bond donors (Lipinski definition) is 0. The first-order valence-corrected chi connectivity index (χ1v) is 21.2. The van der Waals surface area contributed by atoms with Gasteiger partial charge in [-0.15, -0.1) is 21.2 Å². The van der Waals surface area contributed by atoms with E-state index in [4.69, 9.17) is 15.9 Å². The molecule has 4 bridgehead atoms. The number of allylic oxidation sites excluding steroid dienone is 4. The Morgan fingerprint density at radius 1 is 0.806 bits per heavy atom. The average Bonchev–Trinajstić information content (AvgIpc) is 3.68. The van der Waals surface area contributed by atoms with Crippen LogP contribution in [0.15, 0.2) is 24.3 Å². The Kier molecular flexibility index (Phi) is 16.5. The average molecular weight is 609 g/mol. The van der Waals surface area contributed by atoms with Crippen molar-refractivity contribution < 1.29 is 4.74 Å². The van der Waals surface area contributed by atoms with Gasteiger partial charge >= 0.3 is 0 Å². The van der Waals surface area contributed by atoms with Crippen molar-refractivity contribution in [1.82, 2.24) is 0 Å². The Bertz CT molecular complexity index is 758. The highest BCUT2D eigenvalue weighted by molar-refractivity contribution is 8.58. The zero-order valence-corrected chi connectivity index (χ0v) is 25.9. The lowest BCUT2D eigenvalue weighted by Gasteiger charge is -2.23. The predicted molar refractivity (Wildman–Crippen MR) is 179 cm³/mol. The fourth-order valence-electron chi connectivity index (χ4n) is 7.67. The molecule has 0 aromatic heterocycles. The monoisotopic (exact) mass is 608 g/mol. The van der Waals surface area contributed by atoms with Crippen molar-refractivity contribution in [3.05, 3.63) is 24.3 Å². The van der Waals surface area contributed by atoms with Gasteiger partial charge in [0.25, 0.3) is 0 Å². The van der Waals surface area contributed by atoms with Crippen molar-refractivity contribution in [3.63, 3.8) is 0 Å². The molecule has 9 atom stereocenters. The maximum Gasteiger partial charge on any atom is 0.0918 e. The normalized spacial score (nSPS) is 35.9. The number of ether oxygens (including phenoxy) is 1. The molecule has 36 heavy (non-hydrogen) atoms. The SMILES string of the molecule is C.C.C1=CC2C3CCC(C3)C2C1.C1=CC2C3CCC(C3)C2C1.CSCCS(CCOCSC)=S=S=S. The van der Waals surface area contributed by atoms with Crippen molar-refractivity contribution >= 4 is 61.9 Å². The van der Waals surface area contributed by atoms with Crippen molar-refractivity contribution in [3.8, 4) is 0 Å². The Balaban J connectivity index is 0.000000187. The summed E-state index contributed by atoms with van der Waals surface area (Å²) in [5.74, 6) is 13.2. The van der Waals surface area contributed by atoms with E-state index in [-0.39, 0.29) is 14.9 Å². The van der Waals surface area contributed by atoms with Crippen LogP contribution in [0.3, 0.4) is 0 Å². The van der Waals surface area contributed by atoms with Crippen LogP contribution in [0.4, 0.5) is 0 Å². The van der Waals surface area contributed by atoms with E-state index < -0.39 is 0 Å². The summed E-state index contributed by atoms with van der Waals surface area (Å²) in [6, 6.07) is 0. The zero-order chi connectivity index (χ0) is 23.8. The van der Waals surface area contributed by atoms with Gasteiger partial charge in [-0.2, -0.15) is 11.8 Å². The minimum Gasteiger partial charge on any atom is -0.370 e. The van der Waals surface area contributed by atoms with E-state index in [1.807, 2.05) is 20.6 Å². The van der Waals surface area contributed by atoms with Crippen molar-refractivity contribution in [1.29, 1.82) is 0 Å². The molecule has 6 aliphatic rings. The summed E-state index contributed by atoms with van der Waals surface area (Å²) >= 11 is 8.55. The maximum absolute atomic E-state index is 5.45. The summed E-state index contributed by atoms with van der Waals surface area (Å²) in [7, 11) is 3.69. The van der Waals surface area contributed by atoms with Gasteiger partial charge in [0.05, 0.1) is 12.5 Å². The molecule has 1 nitrogen and oxygen atoms in total. The molecule has 0 aromatic rings. The Labute approximate surface area is 245 Å². The van der Waals surface area contributed by atoms with Crippen LogP contribution >= 0.6 is 23.5 Å². The van der Waals surface area contributed by atoms with Crippen molar-refractivity contribution in [2.75, 3.05) is 42.3 Å². The van der Waals surface area contributed by atoms with Gasteiger partial charge in [-0.1, -0.05) is 39.2 Å². The summed E-state index contributed by atoms with van der Waals surface area (Å²) in [5.41, 5.74) is 0. The Morgan fingerprint density at radius 3 is 1.83 bits per heavy atom. The summed E-state index contributed by atoms with van der Waals surface area (Å²) < 4.78 is 5.45. The molecule has 0 aromatic carbocycles. The first-order valence-electron chi connectivity index (χ1n) is 13.3. The molecule has 9 unspecified atom stereocenters. The highest BCUT2D eigenvalue weighted by Gasteiger charge is 2.47. The largest absolute Gasteiger partial charge is 0.370 e. The van der Waals surface area contributed by atoms with E-state index in [2.05, 4.69) is 36.8 Å². The lowest BCUT2D eigenvalue weighted by molar-refractivity contribution is 0.202. The molecule has 7 heteroatoms. The third-order valence-electron chi connectivity index (χ3n) is 9.14. The number of hydrogen-bond acceptors (Lipinski definition) is 4. The molecule has 6 rings (SSSR count). The molecule has 210 valence electrons. The fraction of sp³-hybridized carbons (Fsp3) is 0.862. The van der Waals surface area contributed by atoms with E-state index >= 15 is 0 Å². The molecular weight excluding hydrogens is 557 g/mol. The Hall–Kier alpha value is 1.15. The number of thioether (sulfide) groups is 2. The molecule has 0 N–H and O–H groups in total. The third kappa shape index (κ3) is 8.83. The molecule has 0 heterocycles. The van der Waals surface area contributed by atoms with E-state index in [9.17, 15) is 0 Å². The highest BCUT2D eigenvalue weighted by atomic mass is 33.2. The quantitative estimate of drug-likeness (QED) is 0.156. The molecular formula is C29H52OS6. The summed E-state index contributed by atoms with van der Waals surface area (Å²) in [6.07, 6.45) is 26.2. The van der Waals surface area contributed by atoms with Gasteiger partial charge in [0, 0.05) is 17.3 Å². The molecule has 6 aliphatic carbocycles. The second-order valence-electron chi connectivity index (χ2n) is 10.8. The van der Waals surface area contributed by atoms with Gasteiger partial charge in [0.15, 0.2) is 0 Å². The fourth-order valence-corrected chi connectivity index (χ4v) is 15.6. The van der Waals surface area contributed by atoms with Crippen LogP contribution < -0.4 is 0 Å². The van der Waals surface area contributed by atoms with Gasteiger partial charge in [0.2, 0.25) is 0 Å². The molecule has 0 spiro atoms. The topological polar surface area (TPSA) is 9.23 Å². The van der Waals surface area contributed by atoms with Crippen LogP contribution in [0.2, 0.25) is 0 Å². The van der Waals surface area contributed by atoms with Crippen LogP contribution in [0.25, 0.3) is 0 Å². The third-order valence-corrected chi connectivity index (χ3v) is 17.4. The van der Waals surface area contributed by atoms with Crippen LogP contribution in [-0.2, 0) is 43.1 Å². The van der Waals surface area contributed by atoms with Crippen LogP contribution in [0.1, 0.15) is 66.2 Å². The van der Waals surface area contributed by atoms with Gasteiger partial charge in [0.1, 0.15) is 0 Å².